The molecule has 1 aromatic rings. The maximum Gasteiger partial charge on any atom is 0.244 e. The number of anilines is 1. The number of rotatable bonds is 3. The molecule has 0 saturated carbocycles. The van der Waals surface area contributed by atoms with Crippen molar-refractivity contribution in [1.29, 1.82) is 0 Å². The Morgan fingerprint density at radius 1 is 1.53 bits per heavy atom. The third-order valence-electron chi connectivity index (χ3n) is 3.16. The summed E-state index contributed by atoms with van der Waals surface area (Å²) in [7, 11) is 0. The number of halogens is 1. The monoisotopic (exact) mass is 284 g/mol. The van der Waals surface area contributed by atoms with Gasteiger partial charge in [0.1, 0.15) is 12.4 Å². The number of carbonyl (C=O) groups is 1. The molecule has 0 spiro atoms. The number of amides is 1. The molecule has 0 fully saturated rings. The minimum absolute atomic E-state index is 0. The number of aryl methyl sites for hydroxylation is 1. The molecule has 4 nitrogen and oxygen atoms in total. The van der Waals surface area contributed by atoms with Gasteiger partial charge in [-0.1, -0.05) is 19.4 Å². The number of carbonyl (C=O) groups excluding carboxylic acids is 1. The van der Waals surface area contributed by atoms with E-state index in [2.05, 4.69) is 0 Å². The van der Waals surface area contributed by atoms with Crippen molar-refractivity contribution in [2.24, 2.45) is 5.73 Å². The van der Waals surface area contributed by atoms with Gasteiger partial charge in [-0.15, -0.1) is 12.4 Å². The number of hydrogen-bond donors (Lipinski definition) is 1. The van der Waals surface area contributed by atoms with Gasteiger partial charge in [-0.25, -0.2) is 0 Å². The molecule has 19 heavy (non-hydrogen) atoms. The highest BCUT2D eigenvalue weighted by Crippen LogP contribution is 2.32. The van der Waals surface area contributed by atoms with Gasteiger partial charge in [0.05, 0.1) is 18.3 Å². The molecule has 1 aliphatic rings. The maximum atomic E-state index is 12.3. The van der Waals surface area contributed by atoms with Crippen LogP contribution >= 0.6 is 12.4 Å². The lowest BCUT2D eigenvalue weighted by molar-refractivity contribution is -0.120. The predicted octanol–water partition coefficient (Wildman–Crippen LogP) is 2.27. The molecule has 1 unspecified atom stereocenters. The van der Waals surface area contributed by atoms with Crippen LogP contribution in [0.25, 0.3) is 0 Å². The van der Waals surface area contributed by atoms with Gasteiger partial charge in [-0.2, -0.15) is 0 Å². The van der Waals surface area contributed by atoms with Gasteiger partial charge in [0.2, 0.25) is 5.91 Å². The lowest BCUT2D eigenvalue weighted by Crippen LogP contribution is -2.47. The fourth-order valence-corrected chi connectivity index (χ4v) is 2.19. The Hall–Kier alpha value is -1.26. The van der Waals surface area contributed by atoms with E-state index in [-0.39, 0.29) is 18.3 Å². The minimum atomic E-state index is -0.415. The van der Waals surface area contributed by atoms with Crippen LogP contribution in [0.2, 0.25) is 0 Å². The van der Waals surface area contributed by atoms with E-state index in [1.165, 1.54) is 0 Å². The Bertz CT molecular complexity index is 451. The molecule has 0 saturated heterocycles. The summed E-state index contributed by atoms with van der Waals surface area (Å²) < 4.78 is 5.59. The molecule has 5 heteroatoms. The maximum absolute atomic E-state index is 12.3. The second-order valence-corrected chi connectivity index (χ2v) is 4.70. The zero-order chi connectivity index (χ0) is 13.1. The van der Waals surface area contributed by atoms with Gasteiger partial charge < -0.3 is 15.4 Å². The number of nitrogens with zero attached hydrogens (tertiary/aromatic N) is 1. The summed E-state index contributed by atoms with van der Waals surface area (Å²) in [5, 5.41) is 0. The first-order chi connectivity index (χ1) is 8.63. The topological polar surface area (TPSA) is 55.6 Å². The minimum Gasteiger partial charge on any atom is -0.490 e. The molecule has 0 radical (unpaired) electrons. The largest absolute Gasteiger partial charge is 0.490 e. The van der Waals surface area contributed by atoms with Crippen molar-refractivity contribution in [3.8, 4) is 5.75 Å². The first kappa shape index (κ1) is 15.8. The summed E-state index contributed by atoms with van der Waals surface area (Å²) in [5.41, 5.74) is 7.88. The summed E-state index contributed by atoms with van der Waals surface area (Å²) >= 11 is 0. The third-order valence-corrected chi connectivity index (χ3v) is 3.16. The van der Waals surface area contributed by atoms with E-state index < -0.39 is 6.04 Å². The first-order valence-corrected chi connectivity index (χ1v) is 6.44. The average Bonchev–Trinajstić information content (AvgIpc) is 2.37. The molecule has 1 amide bonds. The van der Waals surface area contributed by atoms with E-state index in [0.29, 0.717) is 13.2 Å². The Balaban J connectivity index is 0.00000180. The van der Waals surface area contributed by atoms with Crippen LogP contribution in [0, 0.1) is 6.92 Å². The van der Waals surface area contributed by atoms with Gasteiger partial charge in [0, 0.05) is 0 Å². The standard InChI is InChI=1S/C14H20N2O2.ClH/c1-3-4-11(15)14(17)16-7-8-18-13-9-10(2)5-6-12(13)16;/h5-6,9,11H,3-4,7-8,15H2,1-2H3;1H. The number of ether oxygens (including phenoxy) is 1. The van der Waals surface area contributed by atoms with Crippen molar-refractivity contribution in [2.75, 3.05) is 18.1 Å². The van der Waals surface area contributed by atoms with Crippen molar-refractivity contribution in [3.05, 3.63) is 23.8 Å². The fraction of sp³-hybridized carbons (Fsp3) is 0.500. The van der Waals surface area contributed by atoms with E-state index in [0.717, 1.165) is 29.8 Å². The van der Waals surface area contributed by atoms with Crippen LogP contribution in [0.4, 0.5) is 5.69 Å². The lowest BCUT2D eigenvalue weighted by Gasteiger charge is -2.31. The number of hydrogen-bond acceptors (Lipinski definition) is 3. The van der Waals surface area contributed by atoms with Crippen LogP contribution < -0.4 is 15.4 Å². The normalized spacial score (nSPS) is 15.0. The van der Waals surface area contributed by atoms with Crippen molar-refractivity contribution < 1.29 is 9.53 Å². The zero-order valence-corrected chi connectivity index (χ0v) is 12.2. The van der Waals surface area contributed by atoms with Gasteiger partial charge in [-0.05, 0) is 31.0 Å². The third kappa shape index (κ3) is 3.39. The fourth-order valence-electron chi connectivity index (χ4n) is 2.19. The van der Waals surface area contributed by atoms with Crippen molar-refractivity contribution in [2.45, 2.75) is 32.7 Å². The molecule has 1 heterocycles. The number of nitrogens with two attached hydrogens (primary N) is 1. The Kier molecular flexibility index (Phi) is 5.63. The SMILES string of the molecule is CCCC(N)C(=O)N1CCOc2cc(C)ccc21.Cl. The van der Waals surface area contributed by atoms with Gasteiger partial charge in [0.25, 0.3) is 0 Å². The molecule has 2 N–H and O–H groups in total. The number of fused-ring (bicyclic) bond motifs is 1. The van der Waals surface area contributed by atoms with E-state index >= 15 is 0 Å². The second kappa shape index (κ2) is 6.78. The van der Waals surface area contributed by atoms with Gasteiger partial charge in [0.15, 0.2) is 0 Å². The molecule has 1 aromatic carbocycles. The highest BCUT2D eigenvalue weighted by molar-refractivity contribution is 5.98. The average molecular weight is 285 g/mol. The van der Waals surface area contributed by atoms with Gasteiger partial charge >= 0.3 is 0 Å². The smallest absolute Gasteiger partial charge is 0.244 e. The molecule has 0 aromatic heterocycles. The van der Waals surface area contributed by atoms with Crippen molar-refractivity contribution in [1.82, 2.24) is 0 Å². The molecule has 2 rings (SSSR count). The summed E-state index contributed by atoms with van der Waals surface area (Å²) in [6.45, 7) is 5.14. The highest BCUT2D eigenvalue weighted by atomic mass is 35.5. The van der Waals surface area contributed by atoms with E-state index in [4.69, 9.17) is 10.5 Å². The summed E-state index contributed by atoms with van der Waals surface area (Å²) in [5.74, 6) is 0.767. The van der Waals surface area contributed by atoms with Crippen LogP contribution in [0.3, 0.4) is 0 Å². The molecular weight excluding hydrogens is 264 g/mol. The summed E-state index contributed by atoms with van der Waals surface area (Å²) in [6.07, 6.45) is 1.63. The molecule has 1 atom stereocenters. The zero-order valence-electron chi connectivity index (χ0n) is 11.4. The van der Waals surface area contributed by atoms with Crippen molar-refractivity contribution >= 4 is 24.0 Å². The Morgan fingerprint density at radius 2 is 2.26 bits per heavy atom. The van der Waals surface area contributed by atoms with E-state index in [9.17, 15) is 4.79 Å². The molecular formula is C14H21ClN2O2. The van der Waals surface area contributed by atoms with E-state index in [1.54, 1.807) is 4.90 Å². The van der Waals surface area contributed by atoms with Crippen LogP contribution in [0.1, 0.15) is 25.3 Å². The molecule has 1 aliphatic heterocycles. The molecule has 0 aliphatic carbocycles. The Labute approximate surface area is 120 Å². The van der Waals surface area contributed by atoms with Crippen LogP contribution in [-0.4, -0.2) is 25.1 Å². The van der Waals surface area contributed by atoms with Crippen molar-refractivity contribution in [3.63, 3.8) is 0 Å². The lowest BCUT2D eigenvalue weighted by atomic mass is 10.1. The summed E-state index contributed by atoms with van der Waals surface area (Å²) in [4.78, 5) is 14.0. The van der Waals surface area contributed by atoms with Crippen LogP contribution in [0.5, 0.6) is 5.75 Å². The highest BCUT2D eigenvalue weighted by Gasteiger charge is 2.26. The number of benzene rings is 1. The molecule has 0 bridgehead atoms. The predicted molar refractivity (Wildman–Crippen MR) is 79.2 cm³/mol. The first-order valence-electron chi connectivity index (χ1n) is 6.44. The van der Waals surface area contributed by atoms with E-state index in [1.807, 2.05) is 32.0 Å². The summed E-state index contributed by atoms with van der Waals surface area (Å²) in [6, 6.07) is 5.46. The Morgan fingerprint density at radius 3 is 2.95 bits per heavy atom. The molecule has 106 valence electrons. The second-order valence-electron chi connectivity index (χ2n) is 4.70. The quantitative estimate of drug-likeness (QED) is 0.926. The van der Waals surface area contributed by atoms with Crippen LogP contribution in [-0.2, 0) is 4.79 Å². The van der Waals surface area contributed by atoms with Gasteiger partial charge in [-0.3, -0.25) is 4.79 Å². The van der Waals surface area contributed by atoms with Crippen LogP contribution in [0.15, 0.2) is 18.2 Å².